The van der Waals surface area contributed by atoms with Crippen LogP contribution in [0.4, 0.5) is 4.79 Å². The zero-order valence-electron chi connectivity index (χ0n) is 24.7. The van der Waals surface area contributed by atoms with Gasteiger partial charge >= 0.3 is 0 Å². The van der Waals surface area contributed by atoms with Crippen LogP contribution in [0, 0.1) is 0 Å². The molecule has 1 aliphatic heterocycles. The average Bonchev–Trinajstić information content (AvgIpc) is 3.05. The minimum Gasteiger partial charge on any atom is -0.530 e. The van der Waals surface area contributed by atoms with Crippen molar-refractivity contribution in [2.24, 2.45) is 0 Å². The number of piperidine rings is 1. The maximum Gasteiger partial charge on any atom is 0.137 e. The quantitative estimate of drug-likeness (QED) is 0.167. The van der Waals surface area contributed by atoms with Crippen molar-refractivity contribution in [2.45, 2.75) is 37.2 Å². The number of carbonyl (C=O) groups is 1. The number of carbonyl (C=O) groups excluding carboxylic acids is 1. The second-order valence-corrected chi connectivity index (χ2v) is 11.7. The Morgan fingerprint density at radius 2 is 1.70 bits per heavy atom. The molecule has 1 amide bonds. The number of carboxylic acid groups (broad SMARTS) is 1. The summed E-state index contributed by atoms with van der Waals surface area (Å²) in [6, 6.07) is 28.4. The van der Waals surface area contributed by atoms with Crippen LogP contribution in [0.1, 0.15) is 35.4 Å². The number of hydrogen-bond acceptors (Lipinski definition) is 7. The largest absolute Gasteiger partial charge is 0.530 e. The highest BCUT2D eigenvalue weighted by atomic mass is 32.2. The summed E-state index contributed by atoms with van der Waals surface area (Å²) in [5, 5.41) is 13.6. The second-order valence-electron chi connectivity index (χ2n) is 10.6. The zero-order chi connectivity index (χ0) is 30.0. The fourth-order valence-corrected chi connectivity index (χ4v) is 6.54. The van der Waals surface area contributed by atoms with E-state index < -0.39 is 6.09 Å². The Morgan fingerprint density at radius 3 is 2.42 bits per heavy atom. The van der Waals surface area contributed by atoms with Crippen molar-refractivity contribution in [1.29, 1.82) is 0 Å². The summed E-state index contributed by atoms with van der Waals surface area (Å²) in [6.45, 7) is 1.54. The summed E-state index contributed by atoms with van der Waals surface area (Å²) >= 11 is 1.91. The SMILES string of the molecule is COc1cc(COC2CN(C(=O)[O-])CCC2c2ccc(OCCCSCc3ccccc3)cc2)c(OC)c2ccccc12. The fraction of sp³-hybridized carbons (Fsp3) is 0.343. The van der Waals surface area contributed by atoms with Gasteiger partial charge in [0, 0.05) is 41.1 Å². The summed E-state index contributed by atoms with van der Waals surface area (Å²) in [7, 11) is 3.29. The summed E-state index contributed by atoms with van der Waals surface area (Å²) in [5.74, 6) is 4.35. The topological polar surface area (TPSA) is 80.3 Å². The molecule has 43 heavy (non-hydrogen) atoms. The Bertz CT molecular complexity index is 1480. The van der Waals surface area contributed by atoms with Gasteiger partial charge in [0.25, 0.3) is 0 Å². The third-order valence-electron chi connectivity index (χ3n) is 7.85. The van der Waals surface area contributed by atoms with Gasteiger partial charge in [0.2, 0.25) is 0 Å². The molecule has 226 valence electrons. The predicted octanol–water partition coefficient (Wildman–Crippen LogP) is 6.28. The monoisotopic (exact) mass is 600 g/mol. The molecule has 0 aromatic heterocycles. The Hall–Kier alpha value is -3.88. The first kappa shape index (κ1) is 30.6. The van der Waals surface area contributed by atoms with Crippen LogP contribution in [0.25, 0.3) is 10.8 Å². The second kappa shape index (κ2) is 15.0. The lowest BCUT2D eigenvalue weighted by molar-refractivity contribution is -0.268. The molecule has 5 rings (SSSR count). The molecule has 8 heteroatoms. The number of hydrogen-bond donors (Lipinski definition) is 0. The van der Waals surface area contributed by atoms with Crippen LogP contribution in [-0.2, 0) is 17.1 Å². The van der Waals surface area contributed by atoms with Crippen molar-refractivity contribution in [3.63, 3.8) is 0 Å². The van der Waals surface area contributed by atoms with Gasteiger partial charge in [0.1, 0.15) is 23.3 Å². The normalized spacial score (nSPS) is 16.7. The molecule has 0 aliphatic carbocycles. The lowest BCUT2D eigenvalue weighted by atomic mass is 9.87. The molecular weight excluding hydrogens is 562 g/mol. The number of fused-ring (bicyclic) bond motifs is 1. The molecule has 1 fully saturated rings. The maximum atomic E-state index is 11.7. The third-order valence-corrected chi connectivity index (χ3v) is 8.96. The number of amides is 1. The molecule has 0 saturated carbocycles. The van der Waals surface area contributed by atoms with Gasteiger partial charge in [-0.15, -0.1) is 0 Å². The van der Waals surface area contributed by atoms with E-state index in [0.29, 0.717) is 19.6 Å². The molecule has 0 radical (unpaired) electrons. The molecule has 7 nitrogen and oxygen atoms in total. The van der Waals surface area contributed by atoms with Gasteiger partial charge in [-0.05, 0) is 47.9 Å². The van der Waals surface area contributed by atoms with Crippen molar-refractivity contribution in [1.82, 2.24) is 4.90 Å². The standard InChI is InChI=1S/C35H39NO6S/c1-39-32-21-27(34(40-2)31-12-7-6-11-30(31)32)23-42-33-22-36(35(37)38)18-17-29(33)26-13-15-28(16-14-26)41-19-8-20-43-24-25-9-4-3-5-10-25/h3-7,9-16,21,29,33H,8,17-20,22-24H2,1-2H3,(H,37,38)/p-1. The number of methoxy groups -OCH3 is 2. The molecule has 1 aliphatic rings. The summed E-state index contributed by atoms with van der Waals surface area (Å²) in [4.78, 5) is 13.1. The smallest absolute Gasteiger partial charge is 0.137 e. The van der Waals surface area contributed by atoms with E-state index in [1.165, 1.54) is 10.5 Å². The van der Waals surface area contributed by atoms with Crippen LogP contribution in [0.15, 0.2) is 84.9 Å². The van der Waals surface area contributed by atoms with Crippen molar-refractivity contribution in [3.05, 3.63) is 102 Å². The number of ether oxygens (including phenoxy) is 4. The van der Waals surface area contributed by atoms with Gasteiger partial charge in [-0.2, -0.15) is 11.8 Å². The van der Waals surface area contributed by atoms with Crippen molar-refractivity contribution >= 4 is 28.6 Å². The van der Waals surface area contributed by atoms with Crippen LogP contribution in [0.2, 0.25) is 0 Å². The molecule has 0 bridgehead atoms. The van der Waals surface area contributed by atoms with Gasteiger partial charge in [-0.25, -0.2) is 0 Å². The van der Waals surface area contributed by atoms with Crippen LogP contribution >= 0.6 is 11.8 Å². The highest BCUT2D eigenvalue weighted by molar-refractivity contribution is 7.98. The van der Waals surface area contributed by atoms with Gasteiger partial charge in [0.15, 0.2) is 0 Å². The number of nitrogens with zero attached hydrogens (tertiary/aromatic N) is 1. The van der Waals surface area contributed by atoms with E-state index in [1.54, 1.807) is 14.2 Å². The van der Waals surface area contributed by atoms with Crippen molar-refractivity contribution in [2.75, 3.05) is 39.7 Å². The molecule has 2 atom stereocenters. The number of thioether (sulfide) groups is 1. The van der Waals surface area contributed by atoms with Gasteiger partial charge < -0.3 is 33.7 Å². The fourth-order valence-electron chi connectivity index (χ4n) is 5.64. The lowest BCUT2D eigenvalue weighted by Gasteiger charge is -2.40. The highest BCUT2D eigenvalue weighted by Gasteiger charge is 2.32. The van der Waals surface area contributed by atoms with Gasteiger partial charge in [-0.3, -0.25) is 0 Å². The van der Waals surface area contributed by atoms with Crippen molar-refractivity contribution < 1.29 is 28.8 Å². The molecule has 2 unspecified atom stereocenters. The average molecular weight is 601 g/mol. The molecule has 0 N–H and O–H groups in total. The van der Waals surface area contributed by atoms with Crippen LogP contribution in [-0.4, -0.2) is 56.8 Å². The van der Waals surface area contributed by atoms with E-state index >= 15 is 0 Å². The maximum absolute atomic E-state index is 11.7. The van der Waals surface area contributed by atoms with Crippen molar-refractivity contribution in [3.8, 4) is 17.2 Å². The Morgan fingerprint density at radius 1 is 0.953 bits per heavy atom. The van der Waals surface area contributed by atoms with E-state index in [9.17, 15) is 9.90 Å². The minimum atomic E-state index is -1.18. The molecular formula is C35H38NO6S-. The summed E-state index contributed by atoms with van der Waals surface area (Å²) < 4.78 is 23.9. The number of benzene rings is 4. The Kier molecular flexibility index (Phi) is 10.7. The first-order valence-corrected chi connectivity index (χ1v) is 15.8. The third kappa shape index (κ3) is 7.75. The zero-order valence-corrected chi connectivity index (χ0v) is 25.5. The van der Waals surface area contributed by atoms with Gasteiger partial charge in [-0.1, -0.05) is 66.7 Å². The first-order chi connectivity index (χ1) is 21.1. The van der Waals surface area contributed by atoms with Gasteiger partial charge in [0.05, 0.1) is 33.5 Å². The molecule has 1 heterocycles. The van der Waals surface area contributed by atoms with E-state index in [1.807, 2.05) is 60.3 Å². The van der Waals surface area contributed by atoms with Crippen LogP contribution in [0.3, 0.4) is 0 Å². The molecule has 1 saturated heterocycles. The van der Waals surface area contributed by atoms with E-state index in [4.69, 9.17) is 18.9 Å². The minimum absolute atomic E-state index is 0.0207. The summed E-state index contributed by atoms with van der Waals surface area (Å²) in [6.07, 6.45) is 0.0696. The van der Waals surface area contributed by atoms with E-state index in [0.717, 1.165) is 57.1 Å². The number of rotatable bonds is 13. The number of likely N-dealkylation sites (tertiary alicyclic amines) is 1. The Labute approximate surface area is 257 Å². The molecule has 4 aromatic rings. The van der Waals surface area contributed by atoms with Crippen LogP contribution < -0.4 is 19.3 Å². The molecule has 4 aromatic carbocycles. The summed E-state index contributed by atoms with van der Waals surface area (Å²) in [5.41, 5.74) is 3.28. The van der Waals surface area contributed by atoms with E-state index in [-0.39, 0.29) is 25.2 Å². The first-order valence-electron chi connectivity index (χ1n) is 14.6. The predicted molar refractivity (Wildman–Crippen MR) is 169 cm³/mol. The highest BCUT2D eigenvalue weighted by Crippen LogP contribution is 2.38. The molecule has 0 spiro atoms. The lowest BCUT2D eigenvalue weighted by Crippen LogP contribution is -2.51. The Balaban J connectivity index is 1.21. The van der Waals surface area contributed by atoms with Crippen LogP contribution in [0.5, 0.6) is 17.2 Å². The van der Waals surface area contributed by atoms with E-state index in [2.05, 4.69) is 36.4 Å².